The lowest BCUT2D eigenvalue weighted by Gasteiger charge is -2.07. The zero-order chi connectivity index (χ0) is 22.1. The number of hydrogen-bond acceptors (Lipinski definition) is 2. The van der Waals surface area contributed by atoms with Crippen molar-refractivity contribution >= 4 is 57.3 Å². The summed E-state index contributed by atoms with van der Waals surface area (Å²) in [7, 11) is 2.07. The molecule has 0 spiro atoms. The van der Waals surface area contributed by atoms with E-state index in [1.54, 1.807) is 0 Å². The smallest absolute Gasteiger partial charge is 0.214 e. The van der Waals surface area contributed by atoms with E-state index < -0.39 is 0 Å². The Balaban J connectivity index is 1.78. The minimum Gasteiger partial charge on any atom is -0.264 e. The van der Waals surface area contributed by atoms with Crippen LogP contribution in [-0.4, -0.2) is 12.9 Å². The number of aryl methyl sites for hydroxylation is 1. The maximum atomic E-state index is 4.76. The maximum Gasteiger partial charge on any atom is 0.214 e. The molecule has 1 heterocycles. The molecule has 0 aliphatic heterocycles. The molecule has 0 atom stereocenters. The van der Waals surface area contributed by atoms with Gasteiger partial charge in [0.05, 0.1) is 11.4 Å². The second-order valence-electron chi connectivity index (χ2n) is 8.01. The largest absolute Gasteiger partial charge is 0.264 e. The Morgan fingerprint density at radius 3 is 1.87 bits per heavy atom. The van der Waals surface area contributed by atoms with Crippen LogP contribution in [0.3, 0.4) is 0 Å². The number of nitrogens with zero attached hydrogens (tertiary/aromatic N) is 3. The van der Waals surface area contributed by atoms with Gasteiger partial charge in [-0.25, -0.2) is 0 Å². The predicted octanol–water partition coefficient (Wildman–Crippen LogP) is 6.97. The lowest BCUT2D eigenvalue weighted by Crippen LogP contribution is -2.29. The molecule has 3 aromatic carbocycles. The molecule has 152 valence electrons. The van der Waals surface area contributed by atoms with Crippen LogP contribution < -0.4 is 4.57 Å². The van der Waals surface area contributed by atoms with Crippen LogP contribution >= 0.6 is 0 Å². The Bertz CT molecular complexity index is 1370. The van der Waals surface area contributed by atoms with Gasteiger partial charge in [-0.3, -0.25) is 9.98 Å². The van der Waals surface area contributed by atoms with Crippen molar-refractivity contribution in [2.24, 2.45) is 17.0 Å². The van der Waals surface area contributed by atoms with Gasteiger partial charge in [-0.05, 0) is 85.8 Å². The highest BCUT2D eigenvalue weighted by molar-refractivity contribution is 5.92. The van der Waals surface area contributed by atoms with Crippen LogP contribution in [0.1, 0.15) is 30.5 Å². The van der Waals surface area contributed by atoms with Gasteiger partial charge in [0.15, 0.2) is 0 Å². The highest BCUT2D eigenvalue weighted by Crippen LogP contribution is 2.26. The van der Waals surface area contributed by atoms with E-state index in [9.17, 15) is 0 Å². The van der Waals surface area contributed by atoms with Crippen LogP contribution in [0, 0.1) is 0 Å². The molecule has 0 aliphatic rings. The number of fused-ring (bicyclic) bond motifs is 2. The van der Waals surface area contributed by atoms with Crippen LogP contribution in [0.2, 0.25) is 0 Å². The van der Waals surface area contributed by atoms with Crippen molar-refractivity contribution < 1.29 is 4.57 Å². The summed E-state index contributed by atoms with van der Waals surface area (Å²) >= 11 is 0. The molecule has 1 aromatic heterocycles. The van der Waals surface area contributed by atoms with Crippen LogP contribution in [-0.2, 0) is 7.05 Å². The summed E-state index contributed by atoms with van der Waals surface area (Å²) in [4.78, 5) is 8.82. The van der Waals surface area contributed by atoms with Crippen molar-refractivity contribution in [2.75, 3.05) is 0 Å². The summed E-state index contributed by atoms with van der Waals surface area (Å²) in [5.74, 6) is 0. The van der Waals surface area contributed by atoms with Gasteiger partial charge in [0, 0.05) is 29.1 Å². The third-order valence-electron chi connectivity index (χ3n) is 5.55. The lowest BCUT2D eigenvalue weighted by atomic mass is 9.99. The summed E-state index contributed by atoms with van der Waals surface area (Å²) in [6, 6.07) is 20.9. The fraction of sp³-hybridized carbons (Fsp3) is 0.107. The summed E-state index contributed by atoms with van der Waals surface area (Å²) in [5.41, 5.74) is 9.27. The monoisotopic (exact) mass is 404 g/mol. The second kappa shape index (κ2) is 8.11. The molecule has 0 bridgehead atoms. The zero-order valence-electron chi connectivity index (χ0n) is 18.3. The van der Waals surface area contributed by atoms with Gasteiger partial charge in [0.25, 0.3) is 0 Å². The molecule has 3 heteroatoms. The highest BCUT2D eigenvalue weighted by Gasteiger charge is 2.12. The molecule has 0 fully saturated rings. The second-order valence-corrected chi connectivity index (χ2v) is 8.01. The minimum atomic E-state index is 0.863. The predicted molar refractivity (Wildman–Crippen MR) is 135 cm³/mol. The summed E-state index contributed by atoms with van der Waals surface area (Å²) < 4.78 is 2.18. The molecule has 0 amide bonds. The normalized spacial score (nSPS) is 11.3. The highest BCUT2D eigenvalue weighted by atomic mass is 14.9. The van der Waals surface area contributed by atoms with Gasteiger partial charge in [0.1, 0.15) is 7.05 Å². The molecule has 0 unspecified atom stereocenters. The maximum absolute atomic E-state index is 4.76. The van der Waals surface area contributed by atoms with Gasteiger partial charge < -0.3 is 0 Å². The molecule has 0 radical (unpaired) electrons. The molecule has 4 aromatic rings. The van der Waals surface area contributed by atoms with E-state index in [4.69, 9.17) is 4.99 Å². The summed E-state index contributed by atoms with van der Waals surface area (Å²) in [6.45, 7) is 15.8. The van der Waals surface area contributed by atoms with Crippen LogP contribution in [0.5, 0.6) is 0 Å². The van der Waals surface area contributed by atoms with Gasteiger partial charge in [-0.15, -0.1) is 0 Å². The van der Waals surface area contributed by atoms with E-state index in [0.717, 1.165) is 50.2 Å². The molecular formula is C28H26N3+. The average molecular weight is 405 g/mol. The number of benzene rings is 3. The third kappa shape index (κ3) is 4.08. The van der Waals surface area contributed by atoms with E-state index in [1.807, 2.05) is 32.2 Å². The number of rotatable bonds is 5. The van der Waals surface area contributed by atoms with E-state index in [1.165, 1.54) is 10.8 Å². The van der Waals surface area contributed by atoms with E-state index in [-0.39, 0.29) is 0 Å². The quantitative estimate of drug-likeness (QED) is 0.195. The Hall–Kier alpha value is -3.85. The van der Waals surface area contributed by atoms with Crippen molar-refractivity contribution in [1.29, 1.82) is 0 Å². The molecule has 0 saturated carbocycles. The Morgan fingerprint density at radius 2 is 1.32 bits per heavy atom. The first-order valence-corrected chi connectivity index (χ1v) is 10.2. The fourth-order valence-electron chi connectivity index (χ4n) is 3.73. The average Bonchev–Trinajstić information content (AvgIpc) is 2.77. The van der Waals surface area contributed by atoms with Crippen LogP contribution in [0.4, 0.5) is 11.4 Å². The molecule has 4 rings (SSSR count). The lowest BCUT2D eigenvalue weighted by molar-refractivity contribution is -0.617. The molecule has 31 heavy (non-hydrogen) atoms. The van der Waals surface area contributed by atoms with Crippen molar-refractivity contribution in [2.45, 2.75) is 13.8 Å². The molecule has 0 N–H and O–H groups in total. The summed E-state index contributed by atoms with van der Waals surface area (Å²) in [5, 5.41) is 2.34. The van der Waals surface area contributed by atoms with E-state index in [2.05, 4.69) is 85.0 Å². The van der Waals surface area contributed by atoms with Crippen LogP contribution in [0.15, 0.2) is 83.8 Å². The fourth-order valence-corrected chi connectivity index (χ4v) is 3.73. The number of allylic oxidation sites excluding steroid dienone is 2. The number of hydrogen-bond donors (Lipinski definition) is 0. The zero-order valence-corrected chi connectivity index (χ0v) is 18.3. The minimum absolute atomic E-state index is 0.863. The van der Waals surface area contributed by atoms with E-state index >= 15 is 0 Å². The third-order valence-corrected chi connectivity index (χ3v) is 5.55. The number of aliphatic imine (C=N–C) groups is 2. The van der Waals surface area contributed by atoms with Crippen molar-refractivity contribution in [3.8, 4) is 0 Å². The Labute approximate surface area is 183 Å². The number of aromatic nitrogens is 1. The van der Waals surface area contributed by atoms with Gasteiger partial charge in [-0.2, -0.15) is 4.57 Å². The van der Waals surface area contributed by atoms with Gasteiger partial charge in [0.2, 0.25) is 11.0 Å². The van der Waals surface area contributed by atoms with Crippen LogP contribution in [0.25, 0.3) is 33.0 Å². The standard InChI is InChI=1S/C28H26N3/c1-18(2)23-11-20(12-24(14-23)19(3)4)17-30-26-10-8-22-13-21-7-9-25(29-5)15-27(21)31(6)28(22)16-26/h7-17H,1,3,5H2,2,4,6H3/q+1. The molecule has 3 nitrogen and oxygen atoms in total. The van der Waals surface area contributed by atoms with Crippen molar-refractivity contribution in [1.82, 2.24) is 0 Å². The topological polar surface area (TPSA) is 28.6 Å². The first kappa shape index (κ1) is 20.4. The molecule has 0 aliphatic carbocycles. The SMILES string of the molecule is C=Nc1ccc2cc3ccc(N=Cc4cc(C(=C)C)cc(C(=C)C)c4)cc3[n+](C)c2c1. The van der Waals surface area contributed by atoms with Gasteiger partial charge in [-0.1, -0.05) is 24.3 Å². The van der Waals surface area contributed by atoms with Gasteiger partial charge >= 0.3 is 0 Å². The Kier molecular flexibility index (Phi) is 5.35. The first-order valence-electron chi connectivity index (χ1n) is 10.2. The molecule has 0 saturated heterocycles. The summed E-state index contributed by atoms with van der Waals surface area (Å²) in [6.07, 6.45) is 1.90. The first-order chi connectivity index (χ1) is 14.9. The number of pyridine rings is 1. The molecular weight excluding hydrogens is 378 g/mol. The Morgan fingerprint density at radius 1 is 0.774 bits per heavy atom. The van der Waals surface area contributed by atoms with E-state index in [0.29, 0.717) is 0 Å². The van der Waals surface area contributed by atoms with Crippen molar-refractivity contribution in [3.05, 3.63) is 90.5 Å². The van der Waals surface area contributed by atoms with Crippen molar-refractivity contribution in [3.63, 3.8) is 0 Å².